The Bertz CT molecular complexity index is 274. The Hall–Kier alpha value is -0.520. The molecule has 0 amide bonds. The van der Waals surface area contributed by atoms with Crippen LogP contribution in [0.3, 0.4) is 0 Å². The van der Waals surface area contributed by atoms with Crippen LogP contribution < -0.4 is 0 Å². The summed E-state index contributed by atoms with van der Waals surface area (Å²) in [6, 6.07) is 0. The number of rotatable bonds is 10. The fourth-order valence-corrected chi connectivity index (χ4v) is 2.88. The largest absolute Gasteiger partial charge is 0.103 e. The van der Waals surface area contributed by atoms with Crippen molar-refractivity contribution in [1.82, 2.24) is 0 Å². The normalized spacial score (nSPS) is 19.8. The van der Waals surface area contributed by atoms with E-state index in [1.54, 1.807) is 0 Å². The second-order valence-corrected chi connectivity index (χ2v) is 7.11. The molecule has 5 atom stereocenters. The highest BCUT2D eigenvalue weighted by molar-refractivity contribution is 4.95. The van der Waals surface area contributed by atoms with E-state index in [0.29, 0.717) is 11.8 Å². The highest BCUT2D eigenvalue weighted by Gasteiger charge is 2.20. The quantitative estimate of drug-likeness (QED) is 0.388. The van der Waals surface area contributed by atoms with Gasteiger partial charge in [0.2, 0.25) is 0 Å². The van der Waals surface area contributed by atoms with Crippen LogP contribution in [0, 0.1) is 35.5 Å². The third-order valence-electron chi connectivity index (χ3n) is 5.47. The SMILES string of the molecule is C=CC(C)C(C=CCCC(C)C(C)C(C)C(C)C)CC. The van der Waals surface area contributed by atoms with Crippen molar-refractivity contribution in [2.45, 2.75) is 67.7 Å². The first-order valence-corrected chi connectivity index (χ1v) is 8.64. The van der Waals surface area contributed by atoms with Crippen molar-refractivity contribution in [2.75, 3.05) is 0 Å². The van der Waals surface area contributed by atoms with Crippen LogP contribution in [-0.2, 0) is 0 Å². The van der Waals surface area contributed by atoms with Gasteiger partial charge in [-0.15, -0.1) is 6.58 Å². The summed E-state index contributed by atoms with van der Waals surface area (Å²) in [5.74, 6) is 4.49. The van der Waals surface area contributed by atoms with Gasteiger partial charge in [0.15, 0.2) is 0 Å². The van der Waals surface area contributed by atoms with Crippen molar-refractivity contribution in [2.24, 2.45) is 35.5 Å². The molecule has 0 saturated carbocycles. The first-order valence-electron chi connectivity index (χ1n) is 8.64. The summed E-state index contributed by atoms with van der Waals surface area (Å²) in [4.78, 5) is 0. The van der Waals surface area contributed by atoms with E-state index in [2.05, 4.69) is 73.3 Å². The average molecular weight is 279 g/mol. The zero-order valence-electron chi connectivity index (χ0n) is 15.0. The first kappa shape index (κ1) is 19.5. The fourth-order valence-electron chi connectivity index (χ4n) is 2.88. The Morgan fingerprint density at radius 1 is 0.950 bits per heavy atom. The van der Waals surface area contributed by atoms with Gasteiger partial charge in [-0.25, -0.2) is 0 Å². The molecule has 0 N–H and O–H groups in total. The summed E-state index contributed by atoms with van der Waals surface area (Å²) in [5.41, 5.74) is 0. The van der Waals surface area contributed by atoms with E-state index in [1.807, 2.05) is 0 Å². The van der Waals surface area contributed by atoms with E-state index in [0.717, 1.165) is 23.7 Å². The zero-order chi connectivity index (χ0) is 15.7. The van der Waals surface area contributed by atoms with Gasteiger partial charge in [0, 0.05) is 0 Å². The molecule has 0 bridgehead atoms. The van der Waals surface area contributed by atoms with Crippen molar-refractivity contribution >= 4 is 0 Å². The van der Waals surface area contributed by atoms with Crippen molar-refractivity contribution in [3.63, 3.8) is 0 Å². The molecule has 0 heterocycles. The lowest BCUT2D eigenvalue weighted by atomic mass is 9.77. The molecule has 118 valence electrons. The van der Waals surface area contributed by atoms with Crippen LogP contribution in [0.4, 0.5) is 0 Å². The minimum absolute atomic E-state index is 0.591. The predicted octanol–water partition coefficient (Wildman–Crippen LogP) is 6.74. The molecule has 0 aromatic heterocycles. The Balaban J connectivity index is 4.19. The average Bonchev–Trinajstić information content (AvgIpc) is 2.44. The first-order chi connectivity index (χ1) is 9.34. The Morgan fingerprint density at radius 3 is 2.00 bits per heavy atom. The Morgan fingerprint density at radius 2 is 1.55 bits per heavy atom. The van der Waals surface area contributed by atoms with Gasteiger partial charge in [0.05, 0.1) is 0 Å². The monoisotopic (exact) mass is 278 g/mol. The summed E-state index contributed by atoms with van der Waals surface area (Å²) in [7, 11) is 0. The van der Waals surface area contributed by atoms with Crippen LogP contribution in [-0.4, -0.2) is 0 Å². The van der Waals surface area contributed by atoms with Gasteiger partial charge in [-0.05, 0) is 54.8 Å². The van der Waals surface area contributed by atoms with Gasteiger partial charge in [0.1, 0.15) is 0 Å². The summed E-state index contributed by atoms with van der Waals surface area (Å²) < 4.78 is 0. The Kier molecular flexibility index (Phi) is 9.98. The van der Waals surface area contributed by atoms with Crippen molar-refractivity contribution in [1.29, 1.82) is 0 Å². The maximum absolute atomic E-state index is 3.91. The molecule has 0 aromatic carbocycles. The molecule has 0 heteroatoms. The van der Waals surface area contributed by atoms with E-state index in [-0.39, 0.29) is 0 Å². The van der Waals surface area contributed by atoms with Crippen LogP contribution in [0.25, 0.3) is 0 Å². The molecule has 5 unspecified atom stereocenters. The van der Waals surface area contributed by atoms with Crippen molar-refractivity contribution in [3.8, 4) is 0 Å². The van der Waals surface area contributed by atoms with Gasteiger partial charge in [-0.3, -0.25) is 0 Å². The van der Waals surface area contributed by atoms with E-state index in [1.165, 1.54) is 19.3 Å². The van der Waals surface area contributed by atoms with Crippen LogP contribution in [0.2, 0.25) is 0 Å². The molecule has 20 heavy (non-hydrogen) atoms. The standard InChI is InChI=1S/C20H38/c1-9-16(5)20(10-2)14-12-11-13-17(6)19(8)18(7)15(3)4/h9,12,14-20H,1,10-11,13H2,2-8H3. The van der Waals surface area contributed by atoms with Crippen LogP contribution in [0.1, 0.15) is 67.7 Å². The topological polar surface area (TPSA) is 0 Å². The maximum Gasteiger partial charge on any atom is -0.0176 e. The third-order valence-corrected chi connectivity index (χ3v) is 5.47. The molecule has 0 aliphatic carbocycles. The predicted molar refractivity (Wildman–Crippen MR) is 93.8 cm³/mol. The number of allylic oxidation sites excluding steroid dienone is 3. The van der Waals surface area contributed by atoms with E-state index < -0.39 is 0 Å². The van der Waals surface area contributed by atoms with Crippen molar-refractivity contribution in [3.05, 3.63) is 24.8 Å². The van der Waals surface area contributed by atoms with Gasteiger partial charge in [0.25, 0.3) is 0 Å². The molecule has 0 fully saturated rings. The molecule has 0 nitrogen and oxygen atoms in total. The van der Waals surface area contributed by atoms with Gasteiger partial charge >= 0.3 is 0 Å². The second-order valence-electron chi connectivity index (χ2n) is 7.11. The smallest absolute Gasteiger partial charge is 0.0176 e. The van der Waals surface area contributed by atoms with E-state index in [4.69, 9.17) is 0 Å². The molecular weight excluding hydrogens is 240 g/mol. The second kappa shape index (κ2) is 10.2. The Labute approximate surface area is 128 Å². The molecular formula is C20H38. The van der Waals surface area contributed by atoms with Gasteiger partial charge in [-0.2, -0.15) is 0 Å². The third kappa shape index (κ3) is 6.77. The highest BCUT2D eigenvalue weighted by atomic mass is 14.3. The van der Waals surface area contributed by atoms with Gasteiger partial charge < -0.3 is 0 Å². The van der Waals surface area contributed by atoms with E-state index in [9.17, 15) is 0 Å². The van der Waals surface area contributed by atoms with E-state index >= 15 is 0 Å². The van der Waals surface area contributed by atoms with Crippen molar-refractivity contribution < 1.29 is 0 Å². The molecule has 0 radical (unpaired) electrons. The number of hydrogen-bond acceptors (Lipinski definition) is 0. The summed E-state index contributed by atoms with van der Waals surface area (Å²) >= 11 is 0. The molecule has 0 rings (SSSR count). The lowest BCUT2D eigenvalue weighted by Crippen LogP contribution is -2.20. The van der Waals surface area contributed by atoms with Crippen LogP contribution >= 0.6 is 0 Å². The highest BCUT2D eigenvalue weighted by Crippen LogP contribution is 2.29. The van der Waals surface area contributed by atoms with Crippen LogP contribution in [0.15, 0.2) is 24.8 Å². The molecule has 0 aliphatic rings. The molecule has 0 aromatic rings. The summed E-state index contributed by atoms with van der Waals surface area (Å²) in [6.45, 7) is 20.4. The maximum atomic E-state index is 3.91. The lowest BCUT2D eigenvalue weighted by Gasteiger charge is -2.28. The number of hydrogen-bond donors (Lipinski definition) is 0. The lowest BCUT2D eigenvalue weighted by molar-refractivity contribution is 0.215. The fraction of sp³-hybridized carbons (Fsp3) is 0.800. The molecule has 0 spiro atoms. The zero-order valence-corrected chi connectivity index (χ0v) is 15.0. The summed E-state index contributed by atoms with van der Waals surface area (Å²) in [5, 5.41) is 0. The van der Waals surface area contributed by atoms with Gasteiger partial charge in [-0.1, -0.05) is 66.7 Å². The molecule has 0 saturated heterocycles. The van der Waals surface area contributed by atoms with Crippen LogP contribution in [0.5, 0.6) is 0 Å². The summed E-state index contributed by atoms with van der Waals surface area (Å²) in [6.07, 6.45) is 10.6. The molecule has 0 aliphatic heterocycles. The minimum Gasteiger partial charge on any atom is -0.103 e. The minimum atomic E-state index is 0.591.